The molecule has 0 amide bonds. The monoisotopic (exact) mass is 393 g/mol. The molecule has 0 bridgehead atoms. The van der Waals surface area contributed by atoms with Crippen LogP contribution in [-0.4, -0.2) is 63.7 Å². The van der Waals surface area contributed by atoms with Crippen molar-refractivity contribution >= 4 is 11.2 Å². The van der Waals surface area contributed by atoms with E-state index in [9.17, 15) is 0 Å². The van der Waals surface area contributed by atoms with Crippen molar-refractivity contribution < 1.29 is 4.74 Å². The van der Waals surface area contributed by atoms with Crippen LogP contribution in [0.25, 0.3) is 11.2 Å². The molecule has 0 aliphatic carbocycles. The zero-order chi connectivity index (χ0) is 19.9. The molecule has 0 N–H and O–H groups in total. The first-order valence-electron chi connectivity index (χ1n) is 10.7. The lowest BCUT2D eigenvalue weighted by molar-refractivity contribution is 0.138. The lowest BCUT2D eigenvalue weighted by Gasteiger charge is -2.22. The lowest BCUT2D eigenvalue weighted by atomic mass is 10.2. The quantitative estimate of drug-likeness (QED) is 0.550. The van der Waals surface area contributed by atoms with E-state index < -0.39 is 0 Å². The average Bonchev–Trinajstić information content (AvgIpc) is 2.93. The molecule has 3 aromatic rings. The number of benzene rings is 1. The Balaban J connectivity index is 1.42. The van der Waals surface area contributed by atoms with Crippen molar-refractivity contribution in [2.24, 2.45) is 0 Å². The Morgan fingerprint density at radius 2 is 1.72 bits per heavy atom. The fourth-order valence-corrected chi connectivity index (χ4v) is 4.04. The van der Waals surface area contributed by atoms with Gasteiger partial charge < -0.3 is 9.30 Å². The van der Waals surface area contributed by atoms with Crippen molar-refractivity contribution in [1.29, 1.82) is 0 Å². The molecule has 1 fully saturated rings. The zero-order valence-corrected chi connectivity index (χ0v) is 17.3. The summed E-state index contributed by atoms with van der Waals surface area (Å²) in [5.74, 6) is 1.09. The number of ether oxygens (including phenoxy) is 1. The van der Waals surface area contributed by atoms with Gasteiger partial charge in [-0.15, -0.1) is 0 Å². The smallest absolute Gasteiger partial charge is 0.160 e. The normalized spacial score (nSPS) is 16.3. The van der Waals surface area contributed by atoms with Crippen LogP contribution in [0.15, 0.2) is 48.7 Å². The van der Waals surface area contributed by atoms with E-state index in [4.69, 9.17) is 9.72 Å². The second kappa shape index (κ2) is 9.96. The van der Waals surface area contributed by atoms with Gasteiger partial charge in [0.05, 0.1) is 13.2 Å². The molecule has 1 saturated heterocycles. The van der Waals surface area contributed by atoms with E-state index in [0.717, 1.165) is 69.4 Å². The van der Waals surface area contributed by atoms with E-state index in [1.807, 2.05) is 25.3 Å². The van der Waals surface area contributed by atoms with Crippen LogP contribution in [-0.2, 0) is 24.4 Å². The summed E-state index contributed by atoms with van der Waals surface area (Å²) in [5, 5.41) is 0. The molecule has 4 rings (SSSR count). The van der Waals surface area contributed by atoms with Gasteiger partial charge in [0.25, 0.3) is 0 Å². The van der Waals surface area contributed by atoms with E-state index in [1.54, 1.807) is 0 Å². The third kappa shape index (κ3) is 5.21. The number of fused-ring (bicyclic) bond motifs is 1. The molecule has 6 nitrogen and oxygen atoms in total. The Hall–Kier alpha value is -2.28. The van der Waals surface area contributed by atoms with Crippen LogP contribution in [0.3, 0.4) is 0 Å². The Kier molecular flexibility index (Phi) is 6.87. The van der Waals surface area contributed by atoms with Crippen molar-refractivity contribution in [2.45, 2.75) is 33.0 Å². The maximum atomic E-state index is 5.59. The average molecular weight is 394 g/mol. The third-order valence-corrected chi connectivity index (χ3v) is 5.54. The molecule has 0 spiro atoms. The Morgan fingerprint density at radius 3 is 2.52 bits per heavy atom. The Labute approximate surface area is 173 Å². The lowest BCUT2D eigenvalue weighted by Crippen LogP contribution is -2.31. The molecule has 0 saturated carbocycles. The molecule has 0 radical (unpaired) electrons. The summed E-state index contributed by atoms with van der Waals surface area (Å²) in [5.41, 5.74) is 3.33. The standard InChI is InChI=1S/C23H31N5O/c1-2-29-17-16-28-22(25-21-10-6-11-24-23(21)28)19-27-13-7-12-26(14-15-27)18-20-8-4-3-5-9-20/h3-6,8-11H,2,7,12-19H2,1H3. The van der Waals surface area contributed by atoms with Gasteiger partial charge in [-0.3, -0.25) is 9.80 Å². The Bertz CT molecular complexity index is 895. The van der Waals surface area contributed by atoms with E-state index in [-0.39, 0.29) is 0 Å². The second-order valence-electron chi connectivity index (χ2n) is 7.61. The number of aromatic nitrogens is 3. The zero-order valence-electron chi connectivity index (χ0n) is 17.3. The maximum absolute atomic E-state index is 5.59. The van der Waals surface area contributed by atoms with Gasteiger partial charge in [0.15, 0.2) is 5.65 Å². The van der Waals surface area contributed by atoms with Crippen LogP contribution in [0.5, 0.6) is 0 Å². The molecule has 6 heteroatoms. The molecule has 2 aromatic heterocycles. The summed E-state index contributed by atoms with van der Waals surface area (Å²) in [6.07, 6.45) is 3.03. The minimum Gasteiger partial charge on any atom is -0.380 e. The fourth-order valence-electron chi connectivity index (χ4n) is 4.04. The van der Waals surface area contributed by atoms with E-state index in [0.29, 0.717) is 6.61 Å². The number of hydrogen-bond donors (Lipinski definition) is 0. The minimum atomic E-state index is 0.691. The molecule has 1 aromatic carbocycles. The van der Waals surface area contributed by atoms with Crippen LogP contribution in [0, 0.1) is 0 Å². The van der Waals surface area contributed by atoms with Crippen molar-refractivity contribution in [1.82, 2.24) is 24.3 Å². The number of rotatable bonds is 8. The van der Waals surface area contributed by atoms with Crippen LogP contribution < -0.4 is 0 Å². The highest BCUT2D eigenvalue weighted by atomic mass is 16.5. The number of nitrogens with zero attached hydrogens (tertiary/aromatic N) is 5. The van der Waals surface area contributed by atoms with E-state index in [2.05, 4.69) is 49.7 Å². The SMILES string of the molecule is CCOCCn1c(CN2CCCN(Cc3ccccc3)CC2)nc2cccnc21. The van der Waals surface area contributed by atoms with Gasteiger partial charge in [-0.2, -0.15) is 0 Å². The highest BCUT2D eigenvalue weighted by Crippen LogP contribution is 2.17. The van der Waals surface area contributed by atoms with E-state index in [1.165, 1.54) is 12.0 Å². The number of pyridine rings is 1. The maximum Gasteiger partial charge on any atom is 0.160 e. The van der Waals surface area contributed by atoms with Gasteiger partial charge in [-0.1, -0.05) is 30.3 Å². The minimum absolute atomic E-state index is 0.691. The highest BCUT2D eigenvalue weighted by molar-refractivity contribution is 5.71. The van der Waals surface area contributed by atoms with Crippen molar-refractivity contribution in [3.05, 3.63) is 60.0 Å². The molecule has 1 aliphatic heterocycles. The van der Waals surface area contributed by atoms with Crippen LogP contribution >= 0.6 is 0 Å². The van der Waals surface area contributed by atoms with Crippen molar-refractivity contribution in [3.63, 3.8) is 0 Å². The van der Waals surface area contributed by atoms with Gasteiger partial charge in [-0.25, -0.2) is 9.97 Å². The molecule has 0 atom stereocenters. The van der Waals surface area contributed by atoms with Crippen molar-refractivity contribution in [3.8, 4) is 0 Å². The first-order chi connectivity index (χ1) is 14.3. The molecule has 1 aliphatic rings. The van der Waals surface area contributed by atoms with Gasteiger partial charge in [0.2, 0.25) is 0 Å². The van der Waals surface area contributed by atoms with Gasteiger partial charge in [0.1, 0.15) is 11.3 Å². The van der Waals surface area contributed by atoms with Crippen molar-refractivity contribution in [2.75, 3.05) is 39.4 Å². The summed E-state index contributed by atoms with van der Waals surface area (Å²) < 4.78 is 7.83. The topological polar surface area (TPSA) is 46.4 Å². The van der Waals surface area contributed by atoms with Gasteiger partial charge >= 0.3 is 0 Å². The largest absolute Gasteiger partial charge is 0.380 e. The first kappa shape index (κ1) is 20.0. The molecule has 154 valence electrons. The number of hydrogen-bond acceptors (Lipinski definition) is 5. The fraction of sp³-hybridized carbons (Fsp3) is 0.478. The summed E-state index contributed by atoms with van der Waals surface area (Å²) in [7, 11) is 0. The van der Waals surface area contributed by atoms with E-state index >= 15 is 0 Å². The highest BCUT2D eigenvalue weighted by Gasteiger charge is 2.19. The summed E-state index contributed by atoms with van der Waals surface area (Å²) >= 11 is 0. The summed E-state index contributed by atoms with van der Waals surface area (Å²) in [6, 6.07) is 14.8. The molecule has 29 heavy (non-hydrogen) atoms. The molecular weight excluding hydrogens is 362 g/mol. The molecule has 0 unspecified atom stereocenters. The predicted octanol–water partition coefficient (Wildman–Crippen LogP) is 3.18. The summed E-state index contributed by atoms with van der Waals surface area (Å²) in [6.45, 7) is 10.6. The summed E-state index contributed by atoms with van der Waals surface area (Å²) in [4.78, 5) is 14.6. The predicted molar refractivity (Wildman–Crippen MR) is 116 cm³/mol. The third-order valence-electron chi connectivity index (χ3n) is 5.54. The van der Waals surface area contributed by atoms with Crippen LogP contribution in [0.2, 0.25) is 0 Å². The number of imidazole rings is 1. The van der Waals surface area contributed by atoms with Crippen LogP contribution in [0.4, 0.5) is 0 Å². The second-order valence-corrected chi connectivity index (χ2v) is 7.61. The molecular formula is C23H31N5O. The van der Waals surface area contributed by atoms with Gasteiger partial charge in [-0.05, 0) is 44.1 Å². The first-order valence-corrected chi connectivity index (χ1v) is 10.7. The van der Waals surface area contributed by atoms with Crippen LogP contribution in [0.1, 0.15) is 24.7 Å². The Morgan fingerprint density at radius 1 is 0.931 bits per heavy atom. The van der Waals surface area contributed by atoms with Gasteiger partial charge in [0, 0.05) is 39.0 Å². The molecule has 3 heterocycles.